The third-order valence-electron chi connectivity index (χ3n) is 4.48. The van der Waals surface area contributed by atoms with Gasteiger partial charge in [-0.25, -0.2) is 8.42 Å². The Morgan fingerprint density at radius 3 is 2.17 bits per heavy atom. The van der Waals surface area contributed by atoms with Crippen LogP contribution in [0.4, 0.5) is 5.69 Å². The van der Waals surface area contributed by atoms with E-state index in [-0.39, 0.29) is 24.0 Å². The van der Waals surface area contributed by atoms with Gasteiger partial charge in [0.1, 0.15) is 0 Å². The Hall–Kier alpha value is -1.81. The van der Waals surface area contributed by atoms with E-state index < -0.39 is 9.84 Å². The van der Waals surface area contributed by atoms with Crippen LogP contribution in [-0.2, 0) is 22.8 Å². The average Bonchev–Trinajstić information content (AvgIpc) is 2.63. The summed E-state index contributed by atoms with van der Waals surface area (Å²) in [6, 6.07) is 13.9. The van der Waals surface area contributed by atoms with Gasteiger partial charge < -0.3 is 15.5 Å². The van der Waals surface area contributed by atoms with Crippen LogP contribution in [0.2, 0.25) is 0 Å². The smallest absolute Gasteiger partial charge is 0.191 e. The lowest BCUT2D eigenvalue weighted by molar-refractivity contribution is 0.601. The first-order chi connectivity index (χ1) is 13.2. The van der Waals surface area contributed by atoms with E-state index in [1.54, 1.807) is 13.1 Å². The number of anilines is 1. The van der Waals surface area contributed by atoms with Crippen molar-refractivity contribution in [3.8, 4) is 0 Å². The van der Waals surface area contributed by atoms with Crippen molar-refractivity contribution in [2.45, 2.75) is 24.8 Å². The number of nitrogens with zero attached hydrogens (tertiary/aromatic N) is 2. The molecular formula is C21H31IN4O2S. The minimum atomic E-state index is -3.19. The monoisotopic (exact) mass is 530 g/mol. The Bertz CT molecular complexity index is 926. The van der Waals surface area contributed by atoms with Crippen LogP contribution in [0, 0.1) is 6.92 Å². The number of benzene rings is 2. The molecule has 0 radical (unpaired) electrons. The molecule has 2 aromatic carbocycles. The zero-order valence-corrected chi connectivity index (χ0v) is 20.8. The maximum atomic E-state index is 11.7. The van der Waals surface area contributed by atoms with E-state index in [1.165, 1.54) is 17.5 Å². The van der Waals surface area contributed by atoms with Crippen molar-refractivity contribution in [2.75, 3.05) is 38.8 Å². The number of nitrogens with one attached hydrogen (secondary N) is 2. The molecule has 8 heteroatoms. The average molecular weight is 530 g/mol. The molecule has 0 amide bonds. The number of aryl methyl sites for hydroxylation is 1. The lowest BCUT2D eigenvalue weighted by Crippen LogP contribution is -2.37. The molecule has 2 aromatic rings. The molecule has 2 rings (SSSR count). The van der Waals surface area contributed by atoms with Crippen LogP contribution in [0.1, 0.15) is 16.7 Å². The molecule has 0 aliphatic heterocycles. The van der Waals surface area contributed by atoms with Gasteiger partial charge in [0.05, 0.1) is 4.90 Å². The van der Waals surface area contributed by atoms with E-state index in [4.69, 9.17) is 0 Å². The van der Waals surface area contributed by atoms with E-state index in [1.807, 2.05) is 33.2 Å². The van der Waals surface area contributed by atoms with Crippen molar-refractivity contribution >= 4 is 45.5 Å². The molecule has 0 spiro atoms. The van der Waals surface area contributed by atoms with Crippen LogP contribution >= 0.6 is 24.0 Å². The van der Waals surface area contributed by atoms with Crippen LogP contribution in [-0.4, -0.2) is 48.3 Å². The van der Waals surface area contributed by atoms with E-state index in [9.17, 15) is 8.42 Å². The minimum Gasteiger partial charge on any atom is -0.378 e. The van der Waals surface area contributed by atoms with Crippen molar-refractivity contribution in [1.82, 2.24) is 10.6 Å². The maximum Gasteiger partial charge on any atom is 0.191 e. The van der Waals surface area contributed by atoms with Gasteiger partial charge in [0.15, 0.2) is 15.8 Å². The summed E-state index contributed by atoms with van der Waals surface area (Å²) in [7, 11) is 2.60. The normalized spacial score (nSPS) is 11.6. The van der Waals surface area contributed by atoms with Gasteiger partial charge >= 0.3 is 0 Å². The molecule has 0 bridgehead atoms. The zero-order chi connectivity index (χ0) is 20.7. The highest BCUT2D eigenvalue weighted by Crippen LogP contribution is 2.16. The summed E-state index contributed by atoms with van der Waals surface area (Å²) in [5.41, 5.74) is 4.21. The van der Waals surface area contributed by atoms with Crippen molar-refractivity contribution in [2.24, 2.45) is 4.99 Å². The first kappa shape index (κ1) is 25.2. The fourth-order valence-electron chi connectivity index (χ4n) is 2.93. The van der Waals surface area contributed by atoms with Gasteiger partial charge in [0.25, 0.3) is 0 Å². The van der Waals surface area contributed by atoms with Gasteiger partial charge in [-0.3, -0.25) is 4.99 Å². The van der Waals surface area contributed by atoms with Crippen molar-refractivity contribution in [1.29, 1.82) is 0 Å². The molecular weight excluding hydrogens is 499 g/mol. The molecule has 0 unspecified atom stereocenters. The fourth-order valence-corrected chi connectivity index (χ4v) is 3.89. The second-order valence-electron chi connectivity index (χ2n) is 7.04. The molecule has 0 atom stereocenters. The van der Waals surface area contributed by atoms with Crippen molar-refractivity contribution < 1.29 is 8.42 Å². The topological polar surface area (TPSA) is 73.8 Å². The van der Waals surface area contributed by atoms with Gasteiger partial charge in [0.2, 0.25) is 0 Å². The first-order valence-corrected chi connectivity index (χ1v) is 11.1. The van der Waals surface area contributed by atoms with Gasteiger partial charge in [0, 0.05) is 46.2 Å². The van der Waals surface area contributed by atoms with Crippen molar-refractivity contribution in [3.63, 3.8) is 0 Å². The van der Waals surface area contributed by atoms with Crippen LogP contribution < -0.4 is 15.5 Å². The summed E-state index contributed by atoms with van der Waals surface area (Å²) in [5, 5.41) is 6.57. The van der Waals surface area contributed by atoms with Crippen LogP contribution in [0.15, 0.2) is 52.4 Å². The molecule has 0 aliphatic carbocycles. The lowest BCUT2D eigenvalue weighted by Gasteiger charge is -2.14. The third kappa shape index (κ3) is 7.85. The predicted molar refractivity (Wildman–Crippen MR) is 132 cm³/mol. The number of sulfone groups is 1. The molecule has 0 heterocycles. The van der Waals surface area contributed by atoms with E-state index >= 15 is 0 Å². The summed E-state index contributed by atoms with van der Waals surface area (Å²) in [6.07, 6.45) is 2.13. The summed E-state index contributed by atoms with van der Waals surface area (Å²) >= 11 is 0. The van der Waals surface area contributed by atoms with Gasteiger partial charge in [-0.2, -0.15) is 0 Å². The minimum absolute atomic E-state index is 0. The standard InChI is InChI=1S/C21H30N4O2S.HI/c1-16-14-18(8-11-20(16)28(5,26)27)15-24-21(22-2)23-13-12-17-6-9-19(10-7-17)25(3)4;/h6-11,14H,12-13,15H2,1-5H3,(H2,22,23,24);1H. The Balaban J connectivity index is 0.00000420. The fraction of sp³-hybridized carbons (Fsp3) is 0.381. The molecule has 0 aromatic heterocycles. The van der Waals surface area contributed by atoms with Crippen LogP contribution in [0.3, 0.4) is 0 Å². The number of hydrogen-bond donors (Lipinski definition) is 2. The molecule has 6 nitrogen and oxygen atoms in total. The summed E-state index contributed by atoms with van der Waals surface area (Å²) < 4.78 is 23.4. The lowest BCUT2D eigenvalue weighted by atomic mass is 10.1. The summed E-state index contributed by atoms with van der Waals surface area (Å²) in [5.74, 6) is 0.717. The van der Waals surface area contributed by atoms with E-state index in [0.717, 1.165) is 30.1 Å². The molecule has 0 saturated carbocycles. The Labute approximate surface area is 191 Å². The van der Waals surface area contributed by atoms with Crippen LogP contribution in [0.5, 0.6) is 0 Å². The molecule has 0 aliphatic rings. The third-order valence-corrected chi connectivity index (χ3v) is 5.74. The number of aliphatic imine (C=N–C) groups is 1. The number of hydrogen-bond acceptors (Lipinski definition) is 4. The maximum absolute atomic E-state index is 11.7. The SMILES string of the molecule is CN=C(NCCc1ccc(N(C)C)cc1)NCc1ccc(S(C)(=O)=O)c(C)c1.I. The molecule has 2 N–H and O–H groups in total. The highest BCUT2D eigenvalue weighted by molar-refractivity contribution is 14.0. The zero-order valence-electron chi connectivity index (χ0n) is 17.7. The predicted octanol–water partition coefficient (Wildman–Crippen LogP) is 2.99. The van der Waals surface area contributed by atoms with E-state index in [2.05, 4.69) is 44.8 Å². The second kappa shape index (κ2) is 11.4. The Morgan fingerprint density at radius 1 is 1.03 bits per heavy atom. The largest absolute Gasteiger partial charge is 0.378 e. The Morgan fingerprint density at radius 2 is 1.66 bits per heavy atom. The molecule has 160 valence electrons. The Kier molecular flexibility index (Phi) is 9.91. The summed E-state index contributed by atoms with van der Waals surface area (Å²) in [6.45, 7) is 3.16. The van der Waals surface area contributed by atoms with Gasteiger partial charge in [-0.1, -0.05) is 24.3 Å². The van der Waals surface area contributed by atoms with Crippen molar-refractivity contribution in [3.05, 3.63) is 59.2 Å². The molecule has 0 fully saturated rings. The van der Waals surface area contributed by atoms with Crippen LogP contribution in [0.25, 0.3) is 0 Å². The second-order valence-corrected chi connectivity index (χ2v) is 9.02. The quantitative estimate of drug-likeness (QED) is 0.327. The number of halogens is 1. The highest BCUT2D eigenvalue weighted by atomic mass is 127. The van der Waals surface area contributed by atoms with E-state index in [0.29, 0.717) is 11.4 Å². The highest BCUT2D eigenvalue weighted by Gasteiger charge is 2.11. The molecule has 0 saturated heterocycles. The molecule has 29 heavy (non-hydrogen) atoms. The first-order valence-electron chi connectivity index (χ1n) is 9.21. The van der Waals surface area contributed by atoms with Gasteiger partial charge in [-0.15, -0.1) is 24.0 Å². The summed E-state index contributed by atoms with van der Waals surface area (Å²) in [4.78, 5) is 6.70. The number of rotatable bonds is 7. The van der Waals surface area contributed by atoms with Gasteiger partial charge in [-0.05, 0) is 48.2 Å². The number of guanidine groups is 1.